The molecular weight excluding hydrogens is 220 g/mol. The molecule has 1 aromatic carbocycles. The van der Waals surface area contributed by atoms with E-state index >= 15 is 0 Å². The Morgan fingerprint density at radius 1 is 0.944 bits per heavy atom. The number of nitrogens with zero attached hydrogens (tertiary/aromatic N) is 1. The Balaban J connectivity index is 1.93. The van der Waals surface area contributed by atoms with E-state index in [9.17, 15) is 0 Å². The van der Waals surface area contributed by atoms with Crippen LogP contribution in [0.2, 0.25) is 0 Å². The maximum Gasteiger partial charge on any atom is 0.0258 e. The highest BCUT2D eigenvalue weighted by atomic mass is 15.2. The molecule has 1 atom stereocenters. The standard InChI is InChI=1S/C16H26N2/c17-14-16(13-15-9-5-4-6-10-15)18-11-7-2-1-3-8-12-18/h4-6,9-10,16H,1-3,7-8,11-14,17H2. The summed E-state index contributed by atoms with van der Waals surface area (Å²) in [6.07, 6.45) is 7.96. The minimum atomic E-state index is 0.519. The van der Waals surface area contributed by atoms with Gasteiger partial charge in [-0.25, -0.2) is 0 Å². The van der Waals surface area contributed by atoms with E-state index in [0.29, 0.717) is 6.04 Å². The zero-order chi connectivity index (χ0) is 12.6. The normalized spacial score (nSPS) is 20.1. The first kappa shape index (κ1) is 13.6. The highest BCUT2D eigenvalue weighted by Crippen LogP contribution is 2.15. The molecule has 1 aromatic rings. The molecule has 0 aromatic heterocycles. The number of hydrogen-bond acceptors (Lipinski definition) is 2. The molecule has 1 saturated heterocycles. The molecule has 2 N–H and O–H groups in total. The van der Waals surface area contributed by atoms with Gasteiger partial charge >= 0.3 is 0 Å². The van der Waals surface area contributed by atoms with E-state index in [2.05, 4.69) is 35.2 Å². The van der Waals surface area contributed by atoms with E-state index in [0.717, 1.165) is 13.0 Å². The summed E-state index contributed by atoms with van der Waals surface area (Å²) in [6.45, 7) is 3.23. The third-order valence-electron chi connectivity index (χ3n) is 3.99. The van der Waals surface area contributed by atoms with Crippen molar-refractivity contribution >= 4 is 0 Å². The Morgan fingerprint density at radius 3 is 2.17 bits per heavy atom. The molecule has 0 amide bonds. The number of hydrogen-bond donors (Lipinski definition) is 1. The van der Waals surface area contributed by atoms with Gasteiger partial charge in [0.25, 0.3) is 0 Å². The third-order valence-corrected chi connectivity index (χ3v) is 3.99. The number of rotatable bonds is 4. The van der Waals surface area contributed by atoms with Crippen LogP contribution in [-0.2, 0) is 6.42 Å². The fourth-order valence-corrected chi connectivity index (χ4v) is 2.88. The molecule has 0 aliphatic carbocycles. The van der Waals surface area contributed by atoms with Gasteiger partial charge in [0.1, 0.15) is 0 Å². The van der Waals surface area contributed by atoms with E-state index in [1.54, 1.807) is 0 Å². The van der Waals surface area contributed by atoms with Crippen molar-refractivity contribution in [2.75, 3.05) is 19.6 Å². The smallest absolute Gasteiger partial charge is 0.0258 e. The molecule has 0 bridgehead atoms. The second-order valence-corrected chi connectivity index (χ2v) is 5.38. The highest BCUT2D eigenvalue weighted by Gasteiger charge is 2.17. The first-order valence-electron chi connectivity index (χ1n) is 7.38. The minimum Gasteiger partial charge on any atom is -0.329 e. The number of nitrogens with two attached hydrogens (primary N) is 1. The fraction of sp³-hybridized carbons (Fsp3) is 0.625. The lowest BCUT2D eigenvalue weighted by Crippen LogP contribution is -2.43. The van der Waals surface area contributed by atoms with Crippen LogP contribution in [0.1, 0.15) is 37.7 Å². The maximum atomic E-state index is 6.00. The van der Waals surface area contributed by atoms with Crippen LogP contribution in [0.4, 0.5) is 0 Å². The largest absolute Gasteiger partial charge is 0.329 e. The molecule has 18 heavy (non-hydrogen) atoms. The van der Waals surface area contributed by atoms with Crippen molar-refractivity contribution < 1.29 is 0 Å². The van der Waals surface area contributed by atoms with Crippen LogP contribution in [0.3, 0.4) is 0 Å². The summed E-state index contributed by atoms with van der Waals surface area (Å²) in [5.41, 5.74) is 7.41. The predicted molar refractivity (Wildman–Crippen MR) is 77.6 cm³/mol. The fourth-order valence-electron chi connectivity index (χ4n) is 2.88. The minimum absolute atomic E-state index is 0.519. The van der Waals surface area contributed by atoms with Crippen molar-refractivity contribution in [3.63, 3.8) is 0 Å². The number of likely N-dealkylation sites (tertiary alicyclic amines) is 1. The molecule has 1 heterocycles. The monoisotopic (exact) mass is 246 g/mol. The summed E-state index contributed by atoms with van der Waals surface area (Å²) in [7, 11) is 0. The summed E-state index contributed by atoms with van der Waals surface area (Å²) in [6, 6.07) is 11.3. The van der Waals surface area contributed by atoms with Crippen LogP contribution in [0.15, 0.2) is 30.3 Å². The highest BCUT2D eigenvalue weighted by molar-refractivity contribution is 5.16. The van der Waals surface area contributed by atoms with E-state index in [1.165, 1.54) is 50.8 Å². The lowest BCUT2D eigenvalue weighted by Gasteiger charge is -2.32. The van der Waals surface area contributed by atoms with Gasteiger partial charge in [0, 0.05) is 12.6 Å². The summed E-state index contributed by atoms with van der Waals surface area (Å²) in [4.78, 5) is 2.62. The van der Waals surface area contributed by atoms with Crippen LogP contribution in [-0.4, -0.2) is 30.6 Å². The molecule has 2 nitrogen and oxygen atoms in total. The van der Waals surface area contributed by atoms with Gasteiger partial charge < -0.3 is 5.73 Å². The second-order valence-electron chi connectivity index (χ2n) is 5.38. The van der Waals surface area contributed by atoms with Crippen LogP contribution in [0.5, 0.6) is 0 Å². The van der Waals surface area contributed by atoms with Gasteiger partial charge in [-0.2, -0.15) is 0 Å². The van der Waals surface area contributed by atoms with Gasteiger partial charge in [0.2, 0.25) is 0 Å². The third kappa shape index (κ3) is 4.11. The van der Waals surface area contributed by atoms with Crippen molar-refractivity contribution in [3.05, 3.63) is 35.9 Å². The summed E-state index contributed by atoms with van der Waals surface area (Å²) >= 11 is 0. The van der Waals surface area contributed by atoms with E-state index in [-0.39, 0.29) is 0 Å². The lowest BCUT2D eigenvalue weighted by atomic mass is 10.0. The Morgan fingerprint density at radius 2 is 1.56 bits per heavy atom. The molecule has 1 unspecified atom stereocenters. The van der Waals surface area contributed by atoms with Crippen LogP contribution in [0.25, 0.3) is 0 Å². The van der Waals surface area contributed by atoms with Gasteiger partial charge in [-0.3, -0.25) is 4.90 Å². The molecular formula is C16H26N2. The van der Waals surface area contributed by atoms with Gasteiger partial charge in [0.15, 0.2) is 0 Å². The first-order chi connectivity index (χ1) is 8.90. The lowest BCUT2D eigenvalue weighted by molar-refractivity contribution is 0.181. The van der Waals surface area contributed by atoms with Crippen molar-refractivity contribution in [1.82, 2.24) is 4.90 Å². The van der Waals surface area contributed by atoms with Crippen LogP contribution >= 0.6 is 0 Å². The summed E-state index contributed by atoms with van der Waals surface area (Å²) < 4.78 is 0. The van der Waals surface area contributed by atoms with E-state index in [4.69, 9.17) is 5.73 Å². The quantitative estimate of drug-likeness (QED) is 0.885. The number of benzene rings is 1. The molecule has 0 spiro atoms. The van der Waals surface area contributed by atoms with Gasteiger partial charge in [-0.05, 0) is 37.9 Å². The zero-order valence-electron chi connectivity index (χ0n) is 11.4. The van der Waals surface area contributed by atoms with Crippen molar-refractivity contribution in [2.24, 2.45) is 5.73 Å². The van der Waals surface area contributed by atoms with Crippen molar-refractivity contribution in [2.45, 2.75) is 44.6 Å². The van der Waals surface area contributed by atoms with Gasteiger partial charge in [0.05, 0.1) is 0 Å². The second kappa shape index (κ2) is 7.55. The van der Waals surface area contributed by atoms with Gasteiger partial charge in [-0.15, -0.1) is 0 Å². The average Bonchev–Trinajstić information content (AvgIpc) is 2.37. The predicted octanol–water partition coefficient (Wildman–Crippen LogP) is 2.82. The molecule has 2 rings (SSSR count). The molecule has 0 saturated carbocycles. The first-order valence-corrected chi connectivity index (χ1v) is 7.38. The summed E-state index contributed by atoms with van der Waals surface area (Å²) in [5, 5.41) is 0. The molecule has 1 aliphatic rings. The molecule has 2 heteroatoms. The molecule has 0 radical (unpaired) electrons. The van der Waals surface area contributed by atoms with E-state index in [1.807, 2.05) is 0 Å². The Bertz CT molecular complexity index is 315. The Kier molecular flexibility index (Phi) is 5.69. The molecule has 1 fully saturated rings. The van der Waals surface area contributed by atoms with E-state index < -0.39 is 0 Å². The Labute approximate surface area is 111 Å². The van der Waals surface area contributed by atoms with Crippen molar-refractivity contribution in [1.29, 1.82) is 0 Å². The topological polar surface area (TPSA) is 29.3 Å². The van der Waals surface area contributed by atoms with Gasteiger partial charge in [-0.1, -0.05) is 49.6 Å². The molecule has 100 valence electrons. The zero-order valence-corrected chi connectivity index (χ0v) is 11.4. The van der Waals surface area contributed by atoms with Crippen molar-refractivity contribution in [3.8, 4) is 0 Å². The van der Waals surface area contributed by atoms with Crippen LogP contribution in [0, 0.1) is 0 Å². The molecule has 1 aliphatic heterocycles. The maximum absolute atomic E-state index is 6.00. The SMILES string of the molecule is NCC(Cc1ccccc1)N1CCCCCCC1. The summed E-state index contributed by atoms with van der Waals surface area (Å²) in [5.74, 6) is 0. The Hall–Kier alpha value is -0.860. The van der Waals surface area contributed by atoms with Crippen LogP contribution < -0.4 is 5.73 Å². The average molecular weight is 246 g/mol.